The minimum atomic E-state index is -0.745. The molecule has 2 rings (SSSR count). The summed E-state index contributed by atoms with van der Waals surface area (Å²) in [5, 5.41) is 11.3. The predicted molar refractivity (Wildman–Crippen MR) is 67.3 cm³/mol. The Balaban J connectivity index is 2.16. The zero-order valence-electron chi connectivity index (χ0n) is 9.65. The molecular formula is C13H15ClO3. The molecule has 17 heavy (non-hydrogen) atoms. The molecule has 1 aromatic carbocycles. The van der Waals surface area contributed by atoms with E-state index in [1.165, 1.54) is 0 Å². The molecule has 0 amide bonds. The van der Waals surface area contributed by atoms with Gasteiger partial charge in [0.25, 0.3) is 0 Å². The van der Waals surface area contributed by atoms with E-state index in [2.05, 4.69) is 0 Å². The van der Waals surface area contributed by atoms with Gasteiger partial charge in [0, 0.05) is 12.0 Å². The third-order valence-corrected chi connectivity index (χ3v) is 2.77. The van der Waals surface area contributed by atoms with Crippen LogP contribution in [0.3, 0.4) is 0 Å². The van der Waals surface area contributed by atoms with Crippen LogP contribution in [0.1, 0.15) is 25.2 Å². The van der Waals surface area contributed by atoms with Crippen LogP contribution < -0.4 is 0 Å². The normalized spacial score (nSPS) is 13.1. The summed E-state index contributed by atoms with van der Waals surface area (Å²) in [7, 11) is 0. The maximum absolute atomic E-state index is 9.88. The molecule has 0 radical (unpaired) electrons. The van der Waals surface area contributed by atoms with Gasteiger partial charge in [-0.05, 0) is 18.6 Å². The standard InChI is InChI=1S/C13H15ClO3/c1-2-6-16-8-11(15)12-7-9-4-3-5-10(14)13(9)17-12/h3-5,7,11,15H,2,6,8H2,1H3. The topological polar surface area (TPSA) is 42.6 Å². The minimum Gasteiger partial charge on any atom is -0.457 e. The lowest BCUT2D eigenvalue weighted by molar-refractivity contribution is 0.0261. The van der Waals surface area contributed by atoms with Crippen molar-refractivity contribution in [1.29, 1.82) is 0 Å². The van der Waals surface area contributed by atoms with Gasteiger partial charge in [-0.2, -0.15) is 0 Å². The first kappa shape index (κ1) is 12.4. The van der Waals surface area contributed by atoms with Gasteiger partial charge < -0.3 is 14.3 Å². The maximum atomic E-state index is 9.88. The monoisotopic (exact) mass is 254 g/mol. The van der Waals surface area contributed by atoms with Crippen molar-refractivity contribution >= 4 is 22.6 Å². The third kappa shape index (κ3) is 2.80. The lowest BCUT2D eigenvalue weighted by Crippen LogP contribution is -2.06. The van der Waals surface area contributed by atoms with Crippen LogP contribution in [0, 0.1) is 0 Å². The number of rotatable bonds is 5. The van der Waals surface area contributed by atoms with Gasteiger partial charge in [-0.1, -0.05) is 30.7 Å². The highest BCUT2D eigenvalue weighted by Crippen LogP contribution is 2.29. The molecule has 4 heteroatoms. The lowest BCUT2D eigenvalue weighted by atomic mass is 10.2. The number of benzene rings is 1. The van der Waals surface area contributed by atoms with Gasteiger partial charge in [0.05, 0.1) is 11.6 Å². The summed E-state index contributed by atoms with van der Waals surface area (Å²) < 4.78 is 10.8. The second kappa shape index (κ2) is 5.54. The van der Waals surface area contributed by atoms with E-state index in [4.69, 9.17) is 20.8 Å². The molecule has 3 nitrogen and oxygen atoms in total. The summed E-state index contributed by atoms with van der Waals surface area (Å²) in [6.45, 7) is 2.90. The molecule has 1 N–H and O–H groups in total. The van der Waals surface area contributed by atoms with Gasteiger partial charge in [-0.25, -0.2) is 0 Å². The van der Waals surface area contributed by atoms with Crippen LogP contribution in [0.25, 0.3) is 11.0 Å². The molecule has 92 valence electrons. The Hall–Kier alpha value is -1.03. The maximum Gasteiger partial charge on any atom is 0.152 e. The summed E-state index contributed by atoms with van der Waals surface area (Å²) in [6.07, 6.45) is 0.184. The van der Waals surface area contributed by atoms with E-state index in [0.717, 1.165) is 11.8 Å². The van der Waals surface area contributed by atoms with Gasteiger partial charge in [-0.3, -0.25) is 0 Å². The number of furan rings is 1. The second-order valence-corrected chi connectivity index (χ2v) is 4.30. The van der Waals surface area contributed by atoms with Crippen molar-refractivity contribution in [1.82, 2.24) is 0 Å². The van der Waals surface area contributed by atoms with Crippen molar-refractivity contribution in [3.05, 3.63) is 35.0 Å². The van der Waals surface area contributed by atoms with Crippen LogP contribution >= 0.6 is 11.6 Å². The fourth-order valence-electron chi connectivity index (χ4n) is 1.63. The van der Waals surface area contributed by atoms with Gasteiger partial charge >= 0.3 is 0 Å². The van der Waals surface area contributed by atoms with Gasteiger partial charge in [0.1, 0.15) is 11.9 Å². The van der Waals surface area contributed by atoms with Crippen molar-refractivity contribution in [2.24, 2.45) is 0 Å². The second-order valence-electron chi connectivity index (χ2n) is 3.90. The van der Waals surface area contributed by atoms with Crippen LogP contribution in [-0.2, 0) is 4.74 Å². The molecule has 0 spiro atoms. The van der Waals surface area contributed by atoms with E-state index < -0.39 is 6.10 Å². The van der Waals surface area contributed by atoms with E-state index in [-0.39, 0.29) is 6.61 Å². The van der Waals surface area contributed by atoms with Crippen molar-refractivity contribution in [3.8, 4) is 0 Å². The molecular weight excluding hydrogens is 240 g/mol. The summed E-state index contributed by atoms with van der Waals surface area (Å²) in [5.41, 5.74) is 0.610. The van der Waals surface area contributed by atoms with E-state index in [9.17, 15) is 5.11 Å². The molecule has 0 saturated carbocycles. The molecule has 2 aromatic rings. The van der Waals surface area contributed by atoms with Crippen molar-refractivity contribution in [2.45, 2.75) is 19.4 Å². The summed E-state index contributed by atoms with van der Waals surface area (Å²) in [5.74, 6) is 0.490. The number of aliphatic hydroxyl groups is 1. The molecule has 0 aliphatic heterocycles. The molecule has 0 fully saturated rings. The van der Waals surface area contributed by atoms with Crippen LogP contribution in [0.4, 0.5) is 0 Å². The Bertz CT molecular complexity index is 492. The van der Waals surface area contributed by atoms with Crippen LogP contribution in [0.15, 0.2) is 28.7 Å². The number of fused-ring (bicyclic) bond motifs is 1. The first-order valence-corrected chi connectivity index (χ1v) is 6.04. The fraction of sp³-hybridized carbons (Fsp3) is 0.385. The molecule has 0 aliphatic rings. The first-order valence-electron chi connectivity index (χ1n) is 5.66. The number of para-hydroxylation sites is 1. The Labute approximate surface area is 105 Å². The van der Waals surface area contributed by atoms with Crippen molar-refractivity contribution in [3.63, 3.8) is 0 Å². The summed E-state index contributed by atoms with van der Waals surface area (Å²) in [4.78, 5) is 0. The fourth-order valence-corrected chi connectivity index (χ4v) is 1.85. The molecule has 1 aromatic heterocycles. The van der Waals surface area contributed by atoms with E-state index >= 15 is 0 Å². The van der Waals surface area contributed by atoms with Crippen molar-refractivity contribution in [2.75, 3.05) is 13.2 Å². The Morgan fingerprint density at radius 2 is 2.29 bits per heavy atom. The number of ether oxygens (including phenoxy) is 1. The molecule has 1 atom stereocenters. The predicted octanol–water partition coefficient (Wildman–Crippen LogP) is 3.55. The smallest absolute Gasteiger partial charge is 0.152 e. The van der Waals surface area contributed by atoms with Crippen LogP contribution in [0.2, 0.25) is 5.02 Å². The lowest BCUT2D eigenvalue weighted by Gasteiger charge is -2.07. The summed E-state index contributed by atoms with van der Waals surface area (Å²) >= 11 is 6.00. The minimum absolute atomic E-state index is 0.241. The number of aliphatic hydroxyl groups excluding tert-OH is 1. The Morgan fingerprint density at radius 1 is 1.47 bits per heavy atom. The van der Waals surface area contributed by atoms with Gasteiger partial charge in [-0.15, -0.1) is 0 Å². The first-order chi connectivity index (χ1) is 8.22. The van der Waals surface area contributed by atoms with E-state index in [0.29, 0.717) is 23.0 Å². The van der Waals surface area contributed by atoms with E-state index in [1.54, 1.807) is 12.1 Å². The Kier molecular flexibility index (Phi) is 4.05. The molecule has 1 unspecified atom stereocenters. The SMILES string of the molecule is CCCOCC(O)c1cc2cccc(Cl)c2o1. The van der Waals surface area contributed by atoms with Crippen LogP contribution in [-0.4, -0.2) is 18.3 Å². The Morgan fingerprint density at radius 3 is 3.00 bits per heavy atom. The zero-order valence-corrected chi connectivity index (χ0v) is 10.4. The molecule has 0 bridgehead atoms. The molecule has 0 aliphatic carbocycles. The quantitative estimate of drug-likeness (QED) is 0.830. The van der Waals surface area contributed by atoms with Crippen molar-refractivity contribution < 1.29 is 14.3 Å². The van der Waals surface area contributed by atoms with Gasteiger partial charge in [0.2, 0.25) is 0 Å². The molecule has 0 saturated heterocycles. The highest BCUT2D eigenvalue weighted by Gasteiger charge is 2.14. The highest BCUT2D eigenvalue weighted by atomic mass is 35.5. The van der Waals surface area contributed by atoms with Crippen LogP contribution in [0.5, 0.6) is 0 Å². The highest BCUT2D eigenvalue weighted by molar-refractivity contribution is 6.34. The summed E-state index contributed by atoms with van der Waals surface area (Å²) in [6, 6.07) is 7.30. The molecule has 1 heterocycles. The van der Waals surface area contributed by atoms with Gasteiger partial charge in [0.15, 0.2) is 5.58 Å². The average Bonchev–Trinajstić information content (AvgIpc) is 2.75. The largest absolute Gasteiger partial charge is 0.457 e. The number of hydrogen-bond acceptors (Lipinski definition) is 3. The average molecular weight is 255 g/mol. The zero-order chi connectivity index (χ0) is 12.3. The third-order valence-electron chi connectivity index (χ3n) is 2.47. The number of halogens is 1. The number of hydrogen-bond donors (Lipinski definition) is 1. The van der Waals surface area contributed by atoms with E-state index in [1.807, 2.05) is 19.1 Å².